The molecule has 0 aliphatic rings. The number of nitrogens with zero attached hydrogens (tertiary/aromatic N) is 1. The third kappa shape index (κ3) is 1.71. The van der Waals surface area contributed by atoms with Gasteiger partial charge in [-0.15, -0.1) is 0 Å². The standard InChI is InChI=1S/C9H10N2O2/c1-9(11,5-10)7-3-2-6(12)4-8(7)13/h2-4,12-13H,11H2,1H3. The summed E-state index contributed by atoms with van der Waals surface area (Å²) in [6, 6.07) is 5.80. The molecule has 0 spiro atoms. The Morgan fingerprint density at radius 2 is 2.08 bits per heavy atom. The topological polar surface area (TPSA) is 90.3 Å². The quantitative estimate of drug-likeness (QED) is 0.593. The average Bonchev–Trinajstić information content (AvgIpc) is 2.03. The van der Waals surface area contributed by atoms with Gasteiger partial charge in [0.2, 0.25) is 0 Å². The van der Waals surface area contributed by atoms with Crippen LogP contribution < -0.4 is 5.73 Å². The number of hydrogen-bond acceptors (Lipinski definition) is 4. The van der Waals surface area contributed by atoms with Gasteiger partial charge >= 0.3 is 0 Å². The lowest BCUT2D eigenvalue weighted by Crippen LogP contribution is -2.30. The molecule has 0 fully saturated rings. The van der Waals surface area contributed by atoms with Crippen LogP contribution >= 0.6 is 0 Å². The molecule has 0 aromatic heterocycles. The Morgan fingerprint density at radius 3 is 2.54 bits per heavy atom. The molecule has 68 valence electrons. The van der Waals surface area contributed by atoms with Gasteiger partial charge in [-0.3, -0.25) is 0 Å². The lowest BCUT2D eigenvalue weighted by molar-refractivity contribution is 0.436. The van der Waals surface area contributed by atoms with Crippen molar-refractivity contribution in [2.24, 2.45) is 5.73 Å². The number of rotatable bonds is 1. The van der Waals surface area contributed by atoms with Gasteiger partial charge in [0.15, 0.2) is 0 Å². The number of hydrogen-bond donors (Lipinski definition) is 3. The van der Waals surface area contributed by atoms with Crippen molar-refractivity contribution >= 4 is 0 Å². The molecular formula is C9H10N2O2. The maximum atomic E-state index is 9.37. The van der Waals surface area contributed by atoms with Crippen molar-refractivity contribution in [3.05, 3.63) is 23.8 Å². The molecule has 0 amide bonds. The molecule has 4 N–H and O–H groups in total. The van der Waals surface area contributed by atoms with Crippen molar-refractivity contribution in [1.29, 1.82) is 5.26 Å². The van der Waals surface area contributed by atoms with Crippen molar-refractivity contribution in [1.82, 2.24) is 0 Å². The molecule has 0 aliphatic heterocycles. The lowest BCUT2D eigenvalue weighted by atomic mass is 9.94. The minimum atomic E-state index is -1.24. The lowest BCUT2D eigenvalue weighted by Gasteiger charge is -2.16. The molecule has 1 rings (SSSR count). The molecule has 1 aromatic carbocycles. The summed E-state index contributed by atoms with van der Waals surface area (Å²) in [5.74, 6) is -0.235. The molecule has 0 radical (unpaired) electrons. The normalized spacial score (nSPS) is 14.5. The molecule has 0 aliphatic carbocycles. The number of phenols is 2. The third-order valence-electron chi connectivity index (χ3n) is 1.77. The van der Waals surface area contributed by atoms with Crippen LogP contribution in [0.4, 0.5) is 0 Å². The van der Waals surface area contributed by atoms with Crippen molar-refractivity contribution < 1.29 is 10.2 Å². The Kier molecular flexibility index (Phi) is 2.13. The second kappa shape index (κ2) is 2.96. The minimum Gasteiger partial charge on any atom is -0.508 e. The van der Waals surface area contributed by atoms with E-state index < -0.39 is 5.54 Å². The molecule has 4 nitrogen and oxygen atoms in total. The maximum Gasteiger partial charge on any atom is 0.130 e. The van der Waals surface area contributed by atoms with Crippen LogP contribution in [0.25, 0.3) is 0 Å². The predicted molar refractivity (Wildman–Crippen MR) is 46.9 cm³/mol. The SMILES string of the molecule is CC(N)(C#N)c1ccc(O)cc1O. The summed E-state index contributed by atoms with van der Waals surface area (Å²) in [6.07, 6.45) is 0. The van der Waals surface area contributed by atoms with Gasteiger partial charge in [0.05, 0.1) is 6.07 Å². The first-order valence-electron chi connectivity index (χ1n) is 3.70. The number of aromatic hydroxyl groups is 2. The van der Waals surface area contributed by atoms with Crippen LogP contribution in [-0.2, 0) is 5.54 Å². The fourth-order valence-electron chi connectivity index (χ4n) is 1.02. The van der Waals surface area contributed by atoms with E-state index in [1.54, 1.807) is 0 Å². The van der Waals surface area contributed by atoms with E-state index in [1.165, 1.54) is 19.1 Å². The van der Waals surface area contributed by atoms with Crippen LogP contribution in [0.1, 0.15) is 12.5 Å². The van der Waals surface area contributed by atoms with Gasteiger partial charge < -0.3 is 15.9 Å². The van der Waals surface area contributed by atoms with E-state index in [4.69, 9.17) is 16.1 Å². The average molecular weight is 178 g/mol. The van der Waals surface area contributed by atoms with E-state index in [-0.39, 0.29) is 11.5 Å². The first-order chi connectivity index (χ1) is 5.97. The zero-order valence-electron chi connectivity index (χ0n) is 7.15. The number of benzene rings is 1. The number of nitrogens with two attached hydrogens (primary N) is 1. The first kappa shape index (κ1) is 9.36. The second-order valence-electron chi connectivity index (χ2n) is 3.02. The maximum absolute atomic E-state index is 9.37. The highest BCUT2D eigenvalue weighted by Gasteiger charge is 2.23. The molecule has 0 saturated heterocycles. The van der Waals surface area contributed by atoms with Crippen molar-refractivity contribution in [3.63, 3.8) is 0 Å². The largest absolute Gasteiger partial charge is 0.508 e. The van der Waals surface area contributed by atoms with E-state index in [0.29, 0.717) is 5.56 Å². The highest BCUT2D eigenvalue weighted by molar-refractivity contribution is 5.45. The Labute approximate surface area is 75.8 Å². The monoisotopic (exact) mass is 178 g/mol. The predicted octanol–water partition coefficient (Wildman–Crippen LogP) is 0.795. The Balaban J connectivity index is 3.26. The van der Waals surface area contributed by atoms with Gasteiger partial charge in [0.25, 0.3) is 0 Å². The van der Waals surface area contributed by atoms with Gasteiger partial charge in [-0.2, -0.15) is 5.26 Å². The van der Waals surface area contributed by atoms with Crippen LogP contribution in [0.3, 0.4) is 0 Å². The van der Waals surface area contributed by atoms with Gasteiger partial charge in [-0.25, -0.2) is 0 Å². The Hall–Kier alpha value is -1.73. The smallest absolute Gasteiger partial charge is 0.130 e. The molecule has 1 unspecified atom stereocenters. The van der Waals surface area contributed by atoms with E-state index in [1.807, 2.05) is 6.07 Å². The minimum absolute atomic E-state index is 0.0602. The van der Waals surface area contributed by atoms with Crippen molar-refractivity contribution in [3.8, 4) is 17.6 Å². The van der Waals surface area contributed by atoms with E-state index in [0.717, 1.165) is 6.07 Å². The highest BCUT2D eigenvalue weighted by atomic mass is 16.3. The van der Waals surface area contributed by atoms with E-state index >= 15 is 0 Å². The van der Waals surface area contributed by atoms with Crippen LogP contribution in [0, 0.1) is 11.3 Å². The molecule has 0 heterocycles. The fourth-order valence-corrected chi connectivity index (χ4v) is 1.02. The Morgan fingerprint density at radius 1 is 1.46 bits per heavy atom. The number of nitriles is 1. The van der Waals surface area contributed by atoms with Crippen molar-refractivity contribution in [2.75, 3.05) is 0 Å². The fraction of sp³-hybridized carbons (Fsp3) is 0.222. The van der Waals surface area contributed by atoms with Crippen LogP contribution in [0.2, 0.25) is 0 Å². The zero-order valence-corrected chi connectivity index (χ0v) is 7.15. The zero-order chi connectivity index (χ0) is 10.1. The van der Waals surface area contributed by atoms with E-state index in [9.17, 15) is 5.11 Å². The van der Waals surface area contributed by atoms with Crippen LogP contribution in [0.15, 0.2) is 18.2 Å². The van der Waals surface area contributed by atoms with Gasteiger partial charge in [-0.1, -0.05) is 0 Å². The Bertz CT molecular complexity index is 366. The van der Waals surface area contributed by atoms with Gasteiger partial charge in [0.1, 0.15) is 17.0 Å². The van der Waals surface area contributed by atoms with Crippen molar-refractivity contribution in [2.45, 2.75) is 12.5 Å². The van der Waals surface area contributed by atoms with Gasteiger partial charge in [-0.05, 0) is 19.1 Å². The van der Waals surface area contributed by atoms with E-state index in [2.05, 4.69) is 0 Å². The summed E-state index contributed by atoms with van der Waals surface area (Å²) in [7, 11) is 0. The molecule has 4 heteroatoms. The molecule has 0 saturated carbocycles. The molecule has 1 aromatic rings. The number of phenolic OH excluding ortho intramolecular Hbond substituents is 2. The van der Waals surface area contributed by atoms with Crippen LogP contribution in [-0.4, -0.2) is 10.2 Å². The summed E-state index contributed by atoms with van der Waals surface area (Å²) in [4.78, 5) is 0. The first-order valence-corrected chi connectivity index (χ1v) is 3.70. The summed E-state index contributed by atoms with van der Waals surface area (Å²) < 4.78 is 0. The van der Waals surface area contributed by atoms with Crippen LogP contribution in [0.5, 0.6) is 11.5 Å². The second-order valence-corrected chi connectivity index (χ2v) is 3.02. The van der Waals surface area contributed by atoms with Gasteiger partial charge in [0, 0.05) is 11.6 Å². The summed E-state index contributed by atoms with van der Waals surface area (Å²) >= 11 is 0. The molecule has 13 heavy (non-hydrogen) atoms. The highest BCUT2D eigenvalue weighted by Crippen LogP contribution is 2.29. The third-order valence-corrected chi connectivity index (χ3v) is 1.77. The molecule has 1 atom stereocenters. The summed E-state index contributed by atoms with van der Waals surface area (Å²) in [6.45, 7) is 1.49. The molecule has 0 bridgehead atoms. The summed E-state index contributed by atoms with van der Waals surface area (Å²) in [5, 5.41) is 27.1. The summed E-state index contributed by atoms with van der Waals surface area (Å²) in [5.41, 5.74) is 4.65. The molecular weight excluding hydrogens is 168 g/mol.